The maximum Gasteiger partial charge on any atom is 0.317 e. The average molecular weight is 210 g/mol. The maximum atomic E-state index is 5.37. The minimum absolute atomic E-state index is 0.124. The van der Waals surface area contributed by atoms with E-state index in [1.54, 1.807) is 0 Å². The van der Waals surface area contributed by atoms with Crippen LogP contribution in [0.15, 0.2) is 4.42 Å². The van der Waals surface area contributed by atoms with Crippen molar-refractivity contribution >= 4 is 12.0 Å². The number of aromatic nitrogens is 2. The van der Waals surface area contributed by atoms with Crippen LogP contribution in [-0.2, 0) is 0 Å². The van der Waals surface area contributed by atoms with Gasteiger partial charge in [0.25, 0.3) is 0 Å². The second-order valence-electron chi connectivity index (χ2n) is 4.31. The monoisotopic (exact) mass is 210 g/mol. The smallest absolute Gasteiger partial charge is 0.317 e. The minimum Gasteiger partial charge on any atom is -0.390 e. The first-order chi connectivity index (χ1) is 7.25. The summed E-state index contributed by atoms with van der Waals surface area (Å²) in [5, 5.41) is 10.7. The van der Waals surface area contributed by atoms with Gasteiger partial charge in [-0.1, -0.05) is 36.4 Å². The van der Waals surface area contributed by atoms with Gasteiger partial charge in [-0.05, 0) is 18.8 Å². The molecule has 1 heterocycles. The zero-order valence-electron chi connectivity index (χ0n) is 9.07. The van der Waals surface area contributed by atoms with E-state index in [4.69, 9.17) is 10.2 Å². The number of hydrogen-bond acceptors (Lipinski definition) is 5. The van der Waals surface area contributed by atoms with E-state index in [0.29, 0.717) is 18.0 Å². The molecule has 3 N–H and O–H groups in total. The molecule has 0 bridgehead atoms. The standard InChI is InChI=1S/C10H18N4O/c1-7-5-3-2-4-6-8(7)12-10-14-13-9(11)15-10/h7-8H,2-6H2,1H3,(H2,11,13)(H,12,14). The molecule has 0 spiro atoms. The summed E-state index contributed by atoms with van der Waals surface area (Å²) in [7, 11) is 0. The van der Waals surface area contributed by atoms with Crippen LogP contribution in [0.1, 0.15) is 39.0 Å². The third-order valence-electron chi connectivity index (χ3n) is 3.11. The lowest BCUT2D eigenvalue weighted by Gasteiger charge is -2.21. The summed E-state index contributed by atoms with van der Waals surface area (Å²) < 4.78 is 5.12. The van der Waals surface area contributed by atoms with Crippen LogP contribution >= 0.6 is 0 Å². The summed E-state index contributed by atoms with van der Waals surface area (Å²) in [6, 6.07) is 1.01. The second-order valence-corrected chi connectivity index (χ2v) is 4.31. The lowest BCUT2D eigenvalue weighted by molar-refractivity contribution is 0.442. The summed E-state index contributed by atoms with van der Waals surface area (Å²) in [4.78, 5) is 0. The molecule has 2 atom stereocenters. The lowest BCUT2D eigenvalue weighted by atomic mass is 9.97. The van der Waals surface area contributed by atoms with Crippen molar-refractivity contribution in [1.82, 2.24) is 10.2 Å². The van der Waals surface area contributed by atoms with Crippen molar-refractivity contribution in [3.63, 3.8) is 0 Å². The predicted molar refractivity (Wildman–Crippen MR) is 58.4 cm³/mol. The third-order valence-corrected chi connectivity index (χ3v) is 3.11. The third kappa shape index (κ3) is 2.61. The first kappa shape index (κ1) is 10.3. The molecular weight excluding hydrogens is 192 g/mol. The number of nitrogen functional groups attached to an aromatic ring is 1. The van der Waals surface area contributed by atoms with E-state index in [2.05, 4.69) is 22.4 Å². The Labute approximate surface area is 89.4 Å². The Hall–Kier alpha value is -1.26. The molecule has 0 aromatic carbocycles. The molecule has 1 aliphatic rings. The van der Waals surface area contributed by atoms with E-state index in [0.717, 1.165) is 0 Å². The van der Waals surface area contributed by atoms with Gasteiger partial charge >= 0.3 is 12.0 Å². The van der Waals surface area contributed by atoms with Crippen molar-refractivity contribution in [3.8, 4) is 0 Å². The Kier molecular flexibility index (Phi) is 3.08. The van der Waals surface area contributed by atoms with Gasteiger partial charge in [0.15, 0.2) is 0 Å². The predicted octanol–water partition coefficient (Wildman–Crippen LogP) is 2.03. The van der Waals surface area contributed by atoms with Crippen LogP contribution in [0, 0.1) is 5.92 Å². The van der Waals surface area contributed by atoms with E-state index in [1.165, 1.54) is 32.1 Å². The first-order valence-electron chi connectivity index (χ1n) is 5.61. The zero-order chi connectivity index (χ0) is 10.7. The summed E-state index contributed by atoms with van der Waals surface area (Å²) in [5.41, 5.74) is 5.37. The molecule has 15 heavy (non-hydrogen) atoms. The fraction of sp³-hybridized carbons (Fsp3) is 0.800. The maximum absolute atomic E-state index is 5.37. The van der Waals surface area contributed by atoms with E-state index in [1.807, 2.05) is 0 Å². The molecular formula is C10H18N4O. The van der Waals surface area contributed by atoms with E-state index < -0.39 is 0 Å². The van der Waals surface area contributed by atoms with Gasteiger partial charge in [-0.15, -0.1) is 0 Å². The molecule has 5 heteroatoms. The Balaban J connectivity index is 1.97. The van der Waals surface area contributed by atoms with Gasteiger partial charge in [-0.3, -0.25) is 0 Å². The van der Waals surface area contributed by atoms with Crippen LogP contribution < -0.4 is 11.1 Å². The highest BCUT2D eigenvalue weighted by Gasteiger charge is 2.21. The number of nitrogens with one attached hydrogen (secondary N) is 1. The van der Waals surface area contributed by atoms with Gasteiger partial charge in [0.05, 0.1) is 0 Å². The van der Waals surface area contributed by atoms with Gasteiger partial charge in [-0.2, -0.15) is 0 Å². The Bertz CT molecular complexity index is 312. The van der Waals surface area contributed by atoms with Crippen molar-refractivity contribution in [2.45, 2.75) is 45.1 Å². The normalized spacial score (nSPS) is 27.3. The number of hydrogen-bond donors (Lipinski definition) is 2. The summed E-state index contributed by atoms with van der Waals surface area (Å²) in [6.45, 7) is 2.27. The molecule has 5 nitrogen and oxygen atoms in total. The Morgan fingerprint density at radius 2 is 2.07 bits per heavy atom. The lowest BCUT2D eigenvalue weighted by Crippen LogP contribution is -2.26. The van der Waals surface area contributed by atoms with Crippen LogP contribution in [0.25, 0.3) is 0 Å². The summed E-state index contributed by atoms with van der Waals surface area (Å²) in [6.07, 6.45) is 6.36. The van der Waals surface area contributed by atoms with Crippen molar-refractivity contribution in [2.24, 2.45) is 5.92 Å². The fourth-order valence-corrected chi connectivity index (χ4v) is 2.16. The highest BCUT2D eigenvalue weighted by Crippen LogP contribution is 2.25. The Morgan fingerprint density at radius 3 is 2.80 bits per heavy atom. The fourth-order valence-electron chi connectivity index (χ4n) is 2.16. The van der Waals surface area contributed by atoms with Gasteiger partial charge in [-0.25, -0.2) is 0 Å². The van der Waals surface area contributed by atoms with Gasteiger partial charge < -0.3 is 15.5 Å². The highest BCUT2D eigenvalue weighted by atomic mass is 16.4. The van der Waals surface area contributed by atoms with Gasteiger partial charge in [0, 0.05) is 6.04 Å². The summed E-state index contributed by atoms with van der Waals surface area (Å²) >= 11 is 0. The molecule has 1 aliphatic carbocycles. The molecule has 0 aliphatic heterocycles. The molecule has 1 aromatic rings. The molecule has 1 fully saturated rings. The van der Waals surface area contributed by atoms with Gasteiger partial charge in [0.2, 0.25) is 0 Å². The van der Waals surface area contributed by atoms with Crippen molar-refractivity contribution in [3.05, 3.63) is 0 Å². The van der Waals surface area contributed by atoms with E-state index in [-0.39, 0.29) is 6.01 Å². The highest BCUT2D eigenvalue weighted by molar-refractivity contribution is 5.24. The van der Waals surface area contributed by atoms with E-state index in [9.17, 15) is 0 Å². The SMILES string of the molecule is CC1CCCCCC1Nc1nnc(N)o1. The first-order valence-corrected chi connectivity index (χ1v) is 5.61. The summed E-state index contributed by atoms with van der Waals surface area (Å²) in [5.74, 6) is 0.653. The largest absolute Gasteiger partial charge is 0.390 e. The van der Waals surface area contributed by atoms with Crippen molar-refractivity contribution in [1.29, 1.82) is 0 Å². The average Bonchev–Trinajstić information content (AvgIpc) is 2.50. The van der Waals surface area contributed by atoms with Crippen molar-refractivity contribution < 1.29 is 4.42 Å². The van der Waals surface area contributed by atoms with Crippen LogP contribution in [0.5, 0.6) is 0 Å². The Morgan fingerprint density at radius 1 is 1.27 bits per heavy atom. The quantitative estimate of drug-likeness (QED) is 0.730. The molecule has 0 saturated heterocycles. The second kappa shape index (κ2) is 4.51. The van der Waals surface area contributed by atoms with Crippen LogP contribution in [0.4, 0.5) is 12.0 Å². The van der Waals surface area contributed by atoms with Crippen LogP contribution in [0.2, 0.25) is 0 Å². The van der Waals surface area contributed by atoms with Crippen LogP contribution in [0.3, 0.4) is 0 Å². The number of nitrogens with two attached hydrogens (primary N) is 1. The minimum atomic E-state index is 0.124. The molecule has 2 rings (SSSR count). The van der Waals surface area contributed by atoms with Crippen molar-refractivity contribution in [2.75, 3.05) is 11.1 Å². The number of anilines is 2. The molecule has 0 radical (unpaired) electrons. The zero-order valence-corrected chi connectivity index (χ0v) is 9.07. The molecule has 1 saturated carbocycles. The number of rotatable bonds is 2. The molecule has 1 aromatic heterocycles. The topological polar surface area (TPSA) is 77.0 Å². The van der Waals surface area contributed by atoms with Gasteiger partial charge in [0.1, 0.15) is 0 Å². The number of nitrogens with zero attached hydrogens (tertiary/aromatic N) is 2. The van der Waals surface area contributed by atoms with Crippen LogP contribution in [-0.4, -0.2) is 16.2 Å². The molecule has 84 valence electrons. The molecule has 2 unspecified atom stereocenters. The molecule has 0 amide bonds. The van der Waals surface area contributed by atoms with E-state index >= 15 is 0 Å².